The Morgan fingerprint density at radius 3 is 2.78 bits per heavy atom. The molecule has 0 N–H and O–H groups in total. The van der Waals surface area contributed by atoms with Gasteiger partial charge in [0, 0.05) is 24.9 Å². The molecule has 96 valence electrons. The average molecular weight is 263 g/mol. The number of carbonyl (C=O) groups excluding carboxylic acids is 1. The zero-order chi connectivity index (χ0) is 12.8. The average Bonchev–Trinajstić information content (AvgIpc) is 2.33. The van der Waals surface area contributed by atoms with Gasteiger partial charge in [0.1, 0.15) is 0 Å². The van der Waals surface area contributed by atoms with Crippen molar-refractivity contribution in [2.45, 2.75) is 18.3 Å². The van der Waals surface area contributed by atoms with E-state index in [0.29, 0.717) is 6.42 Å². The van der Waals surface area contributed by atoms with Crippen molar-refractivity contribution in [2.24, 2.45) is 0 Å². The van der Waals surface area contributed by atoms with Gasteiger partial charge in [0.15, 0.2) is 0 Å². The Labute approximate surface area is 113 Å². The molecule has 1 aromatic rings. The van der Waals surface area contributed by atoms with Crippen molar-refractivity contribution in [3.8, 4) is 0 Å². The zero-order valence-corrected chi connectivity index (χ0v) is 11.4. The number of benzene rings is 1. The molecule has 0 aliphatic carbocycles. The minimum absolute atomic E-state index is 0.0815. The van der Waals surface area contributed by atoms with Gasteiger partial charge >= 0.3 is 0 Å². The smallest absolute Gasteiger partial charge is 0.227 e. The fraction of sp³-hybridized carbons (Fsp3) is 0.500. The van der Waals surface area contributed by atoms with E-state index < -0.39 is 0 Å². The van der Waals surface area contributed by atoms with Crippen LogP contribution in [-0.4, -0.2) is 31.9 Å². The van der Waals surface area contributed by atoms with Crippen LogP contribution in [0.15, 0.2) is 18.2 Å². The molecule has 1 fully saturated rings. The van der Waals surface area contributed by atoms with Gasteiger partial charge in [-0.1, -0.05) is 12.1 Å². The quantitative estimate of drug-likeness (QED) is 0.824. The molecule has 2 aliphatic heterocycles. The molecular formula is C14H17NO2S. The van der Waals surface area contributed by atoms with Crippen LogP contribution in [0, 0.1) is 0 Å². The highest BCUT2D eigenvalue weighted by Gasteiger charge is 2.39. The maximum Gasteiger partial charge on any atom is 0.227 e. The third kappa shape index (κ3) is 1.67. The largest absolute Gasteiger partial charge is 0.379 e. The van der Waals surface area contributed by atoms with Crippen LogP contribution < -0.4 is 4.90 Å². The Hall–Kier alpha value is -1.00. The summed E-state index contributed by atoms with van der Waals surface area (Å²) in [6, 6.07) is 6.41. The molecule has 0 bridgehead atoms. The Morgan fingerprint density at radius 2 is 2.17 bits per heavy atom. The standard InChI is InChI=1S/C14H17NO2S/c1-15-12-4-3-11(14(9-18)7-17-8-14)6-10(12)2-5-13(15)16/h3-4,6,18H,2,5,7-9H2,1H3. The highest BCUT2D eigenvalue weighted by Crippen LogP contribution is 2.37. The van der Waals surface area contributed by atoms with Crippen LogP contribution in [0.1, 0.15) is 17.5 Å². The van der Waals surface area contributed by atoms with Gasteiger partial charge in [0.25, 0.3) is 0 Å². The highest BCUT2D eigenvalue weighted by molar-refractivity contribution is 7.80. The van der Waals surface area contributed by atoms with Gasteiger partial charge in [-0.15, -0.1) is 0 Å². The summed E-state index contributed by atoms with van der Waals surface area (Å²) in [4.78, 5) is 13.4. The lowest BCUT2D eigenvalue weighted by Crippen LogP contribution is -2.48. The van der Waals surface area contributed by atoms with Crippen molar-refractivity contribution in [1.29, 1.82) is 0 Å². The molecule has 0 aromatic heterocycles. The Balaban J connectivity index is 1.99. The third-order valence-electron chi connectivity index (χ3n) is 4.09. The molecule has 0 spiro atoms. The van der Waals surface area contributed by atoms with Gasteiger partial charge in [-0.05, 0) is 23.6 Å². The molecule has 18 heavy (non-hydrogen) atoms. The Kier molecular flexibility index (Phi) is 2.87. The summed E-state index contributed by atoms with van der Waals surface area (Å²) >= 11 is 4.46. The number of hydrogen-bond donors (Lipinski definition) is 1. The fourth-order valence-corrected chi connectivity index (χ4v) is 3.05. The number of aryl methyl sites for hydroxylation is 1. The summed E-state index contributed by atoms with van der Waals surface area (Å²) in [5.74, 6) is 1.01. The second-order valence-corrected chi connectivity index (χ2v) is 5.54. The van der Waals surface area contributed by atoms with Crippen LogP contribution in [0.2, 0.25) is 0 Å². The second kappa shape index (κ2) is 4.28. The van der Waals surface area contributed by atoms with Crippen molar-refractivity contribution < 1.29 is 9.53 Å². The SMILES string of the molecule is CN1C(=O)CCc2cc(C3(CS)COC3)ccc21. The van der Waals surface area contributed by atoms with E-state index in [1.54, 1.807) is 4.90 Å². The third-order valence-corrected chi connectivity index (χ3v) is 4.70. The van der Waals surface area contributed by atoms with Crippen LogP contribution in [0.4, 0.5) is 5.69 Å². The molecule has 1 aromatic carbocycles. The fourth-order valence-electron chi connectivity index (χ4n) is 2.68. The highest BCUT2D eigenvalue weighted by atomic mass is 32.1. The number of anilines is 1. The van der Waals surface area contributed by atoms with Crippen LogP contribution in [0.3, 0.4) is 0 Å². The first kappa shape index (κ1) is 12.1. The van der Waals surface area contributed by atoms with Gasteiger partial charge in [-0.25, -0.2) is 0 Å². The van der Waals surface area contributed by atoms with E-state index in [9.17, 15) is 4.79 Å². The van der Waals surface area contributed by atoms with Crippen molar-refractivity contribution >= 4 is 24.2 Å². The number of rotatable bonds is 2. The molecule has 1 saturated heterocycles. The van der Waals surface area contributed by atoms with Crippen LogP contribution in [-0.2, 0) is 21.4 Å². The topological polar surface area (TPSA) is 29.5 Å². The Bertz CT molecular complexity index is 491. The van der Waals surface area contributed by atoms with Crippen molar-refractivity contribution in [3.63, 3.8) is 0 Å². The molecule has 3 nitrogen and oxygen atoms in total. The molecule has 3 rings (SSSR count). The molecule has 0 radical (unpaired) electrons. The number of fused-ring (bicyclic) bond motifs is 1. The maximum absolute atomic E-state index is 11.7. The number of carbonyl (C=O) groups is 1. The molecule has 4 heteroatoms. The van der Waals surface area contributed by atoms with Crippen molar-refractivity contribution in [3.05, 3.63) is 29.3 Å². The van der Waals surface area contributed by atoms with Gasteiger partial charge < -0.3 is 9.64 Å². The van der Waals surface area contributed by atoms with Gasteiger partial charge in [0.05, 0.1) is 18.6 Å². The predicted octanol–water partition coefficient (Wildman–Crippen LogP) is 1.79. The number of thiol groups is 1. The van der Waals surface area contributed by atoms with Gasteiger partial charge in [0.2, 0.25) is 5.91 Å². The van der Waals surface area contributed by atoms with E-state index in [0.717, 1.165) is 31.1 Å². The molecule has 0 unspecified atom stereocenters. The van der Waals surface area contributed by atoms with E-state index in [1.165, 1.54) is 11.1 Å². The summed E-state index contributed by atoms with van der Waals surface area (Å²) in [6.07, 6.45) is 1.45. The first-order valence-electron chi connectivity index (χ1n) is 6.25. The molecule has 2 heterocycles. The van der Waals surface area contributed by atoms with Gasteiger partial charge in [-0.2, -0.15) is 12.6 Å². The minimum Gasteiger partial charge on any atom is -0.379 e. The first-order valence-corrected chi connectivity index (χ1v) is 6.88. The molecule has 0 atom stereocenters. The molecule has 0 saturated carbocycles. The molecule has 1 amide bonds. The Morgan fingerprint density at radius 1 is 1.39 bits per heavy atom. The monoisotopic (exact) mass is 263 g/mol. The first-order chi connectivity index (χ1) is 8.66. The summed E-state index contributed by atoms with van der Waals surface area (Å²) < 4.78 is 5.35. The van der Waals surface area contributed by atoms with Gasteiger partial charge in [-0.3, -0.25) is 4.79 Å². The van der Waals surface area contributed by atoms with E-state index >= 15 is 0 Å². The van der Waals surface area contributed by atoms with Crippen LogP contribution in [0.25, 0.3) is 0 Å². The number of amides is 1. The lowest BCUT2D eigenvalue weighted by molar-refractivity contribution is -0.118. The molecular weight excluding hydrogens is 246 g/mol. The minimum atomic E-state index is 0.0815. The summed E-state index contributed by atoms with van der Waals surface area (Å²) in [6.45, 7) is 1.51. The number of nitrogens with zero attached hydrogens (tertiary/aromatic N) is 1. The number of ether oxygens (including phenoxy) is 1. The van der Waals surface area contributed by atoms with E-state index in [-0.39, 0.29) is 11.3 Å². The summed E-state index contributed by atoms with van der Waals surface area (Å²) in [5.41, 5.74) is 3.69. The van der Waals surface area contributed by atoms with Crippen LogP contribution in [0.5, 0.6) is 0 Å². The predicted molar refractivity (Wildman–Crippen MR) is 74.5 cm³/mol. The van der Waals surface area contributed by atoms with Crippen molar-refractivity contribution in [2.75, 3.05) is 30.9 Å². The van der Waals surface area contributed by atoms with E-state index in [2.05, 4.69) is 30.8 Å². The van der Waals surface area contributed by atoms with Crippen LogP contribution >= 0.6 is 12.6 Å². The van der Waals surface area contributed by atoms with Crippen molar-refractivity contribution in [1.82, 2.24) is 0 Å². The summed E-state index contributed by atoms with van der Waals surface area (Å²) in [7, 11) is 1.85. The maximum atomic E-state index is 11.7. The number of hydrogen-bond acceptors (Lipinski definition) is 3. The zero-order valence-electron chi connectivity index (χ0n) is 10.5. The lowest BCUT2D eigenvalue weighted by Gasteiger charge is -2.41. The van der Waals surface area contributed by atoms with E-state index in [1.807, 2.05) is 7.05 Å². The normalized spacial score (nSPS) is 21.4. The lowest BCUT2D eigenvalue weighted by atomic mass is 9.79. The summed E-state index contributed by atoms with van der Waals surface area (Å²) in [5, 5.41) is 0. The molecule has 2 aliphatic rings. The second-order valence-electron chi connectivity index (χ2n) is 5.23. The van der Waals surface area contributed by atoms with E-state index in [4.69, 9.17) is 4.74 Å².